The molecule has 0 spiro atoms. The van der Waals surface area contributed by atoms with Crippen LogP contribution in [-0.2, 0) is 14.3 Å². The van der Waals surface area contributed by atoms with Gasteiger partial charge in [0.05, 0.1) is 19.1 Å². The van der Waals surface area contributed by atoms with Gasteiger partial charge in [0.1, 0.15) is 18.5 Å². The van der Waals surface area contributed by atoms with Gasteiger partial charge in [0.25, 0.3) is 0 Å². The SMILES string of the molecule is COc1ccc(C2C(COC(C)=O)C(c3ccccc3)OC(=O)N2C)cc1. The van der Waals surface area contributed by atoms with E-state index in [2.05, 4.69) is 0 Å². The number of benzene rings is 2. The van der Waals surface area contributed by atoms with Crippen molar-refractivity contribution >= 4 is 12.1 Å². The molecule has 1 fully saturated rings. The molecule has 2 aromatic carbocycles. The fourth-order valence-corrected chi connectivity index (χ4v) is 3.47. The largest absolute Gasteiger partial charge is 0.497 e. The van der Waals surface area contributed by atoms with E-state index in [-0.39, 0.29) is 24.5 Å². The van der Waals surface area contributed by atoms with Crippen LogP contribution < -0.4 is 4.74 Å². The molecule has 3 atom stereocenters. The van der Waals surface area contributed by atoms with E-state index in [1.165, 1.54) is 6.92 Å². The van der Waals surface area contributed by atoms with Crippen molar-refractivity contribution in [2.45, 2.75) is 19.1 Å². The highest BCUT2D eigenvalue weighted by Crippen LogP contribution is 2.43. The van der Waals surface area contributed by atoms with Crippen molar-refractivity contribution in [2.75, 3.05) is 20.8 Å². The fraction of sp³-hybridized carbons (Fsp3) is 0.333. The van der Waals surface area contributed by atoms with Crippen molar-refractivity contribution in [1.29, 1.82) is 0 Å². The first-order valence-electron chi connectivity index (χ1n) is 8.77. The Kier molecular flexibility index (Phi) is 5.64. The van der Waals surface area contributed by atoms with Crippen LogP contribution in [0, 0.1) is 5.92 Å². The van der Waals surface area contributed by atoms with Crippen LogP contribution in [0.1, 0.15) is 30.2 Å². The van der Waals surface area contributed by atoms with Crippen LogP contribution >= 0.6 is 0 Å². The Hall–Kier alpha value is -3.02. The Morgan fingerprint density at radius 3 is 2.33 bits per heavy atom. The molecule has 1 aliphatic rings. The van der Waals surface area contributed by atoms with Gasteiger partial charge in [0.15, 0.2) is 0 Å². The predicted octanol–water partition coefficient (Wildman–Crippen LogP) is 3.74. The van der Waals surface area contributed by atoms with Crippen LogP contribution in [0.4, 0.5) is 4.79 Å². The smallest absolute Gasteiger partial charge is 0.410 e. The van der Waals surface area contributed by atoms with Gasteiger partial charge in [0, 0.05) is 14.0 Å². The first-order valence-corrected chi connectivity index (χ1v) is 8.77. The highest BCUT2D eigenvalue weighted by atomic mass is 16.6. The third kappa shape index (κ3) is 4.05. The number of ether oxygens (including phenoxy) is 3. The molecule has 0 saturated carbocycles. The zero-order chi connectivity index (χ0) is 19.4. The predicted molar refractivity (Wildman–Crippen MR) is 99.3 cm³/mol. The fourth-order valence-electron chi connectivity index (χ4n) is 3.47. The number of carbonyl (C=O) groups is 2. The van der Waals surface area contributed by atoms with E-state index in [4.69, 9.17) is 14.2 Å². The molecule has 142 valence electrons. The molecule has 3 rings (SSSR count). The summed E-state index contributed by atoms with van der Waals surface area (Å²) in [5, 5.41) is 0. The molecule has 0 aromatic heterocycles. The number of nitrogens with zero attached hydrogens (tertiary/aromatic N) is 1. The first-order chi connectivity index (χ1) is 13.0. The second-order valence-electron chi connectivity index (χ2n) is 6.51. The van der Waals surface area contributed by atoms with Gasteiger partial charge < -0.3 is 19.1 Å². The van der Waals surface area contributed by atoms with Crippen LogP contribution in [0.3, 0.4) is 0 Å². The Morgan fingerprint density at radius 1 is 1.07 bits per heavy atom. The minimum atomic E-state index is -0.513. The van der Waals surface area contributed by atoms with Crippen LogP contribution in [0.25, 0.3) is 0 Å². The van der Waals surface area contributed by atoms with Crippen molar-refractivity contribution in [3.8, 4) is 5.75 Å². The molecule has 0 bridgehead atoms. The average molecular weight is 369 g/mol. The van der Waals surface area contributed by atoms with Crippen molar-refractivity contribution < 1.29 is 23.8 Å². The number of cyclic esters (lactones) is 1. The van der Waals surface area contributed by atoms with Gasteiger partial charge in [-0.3, -0.25) is 4.79 Å². The molecule has 0 aliphatic carbocycles. The Bertz CT molecular complexity index is 790. The van der Waals surface area contributed by atoms with Gasteiger partial charge in [-0.2, -0.15) is 0 Å². The summed E-state index contributed by atoms with van der Waals surface area (Å²) in [7, 11) is 3.30. The lowest BCUT2D eigenvalue weighted by atomic mass is 9.84. The van der Waals surface area contributed by atoms with E-state index >= 15 is 0 Å². The number of esters is 1. The van der Waals surface area contributed by atoms with E-state index in [1.54, 1.807) is 19.1 Å². The second kappa shape index (κ2) is 8.12. The van der Waals surface area contributed by atoms with Crippen molar-refractivity contribution in [2.24, 2.45) is 5.92 Å². The maximum atomic E-state index is 12.5. The third-order valence-corrected chi connectivity index (χ3v) is 4.79. The Morgan fingerprint density at radius 2 is 1.74 bits per heavy atom. The number of amides is 1. The van der Waals surface area contributed by atoms with Gasteiger partial charge in [-0.25, -0.2) is 4.79 Å². The van der Waals surface area contributed by atoms with Gasteiger partial charge in [0.2, 0.25) is 0 Å². The molecule has 1 aliphatic heterocycles. The minimum absolute atomic E-state index is 0.142. The zero-order valence-electron chi connectivity index (χ0n) is 15.6. The maximum absolute atomic E-state index is 12.5. The zero-order valence-corrected chi connectivity index (χ0v) is 15.6. The summed E-state index contributed by atoms with van der Waals surface area (Å²) in [6.45, 7) is 1.52. The van der Waals surface area contributed by atoms with Crippen LogP contribution in [-0.4, -0.2) is 37.7 Å². The van der Waals surface area contributed by atoms with E-state index < -0.39 is 12.2 Å². The summed E-state index contributed by atoms with van der Waals surface area (Å²) in [6.07, 6.45) is -0.926. The molecule has 0 N–H and O–H groups in total. The summed E-state index contributed by atoms with van der Waals surface area (Å²) < 4.78 is 16.3. The van der Waals surface area contributed by atoms with Crippen molar-refractivity contribution in [3.05, 3.63) is 65.7 Å². The summed E-state index contributed by atoms with van der Waals surface area (Å²) in [4.78, 5) is 25.5. The molecular weight excluding hydrogens is 346 g/mol. The maximum Gasteiger partial charge on any atom is 0.410 e. The molecule has 1 saturated heterocycles. The number of methoxy groups -OCH3 is 1. The van der Waals surface area contributed by atoms with Gasteiger partial charge in [-0.1, -0.05) is 42.5 Å². The molecule has 3 unspecified atom stereocenters. The molecule has 6 nitrogen and oxygen atoms in total. The first kappa shape index (κ1) is 18.8. The summed E-state index contributed by atoms with van der Waals surface area (Å²) in [5.41, 5.74) is 1.79. The highest BCUT2D eigenvalue weighted by Gasteiger charge is 2.44. The summed E-state index contributed by atoms with van der Waals surface area (Å²) in [6, 6.07) is 16.8. The Balaban J connectivity index is 2.01. The topological polar surface area (TPSA) is 65.1 Å². The lowest BCUT2D eigenvalue weighted by Crippen LogP contribution is -2.46. The molecule has 0 radical (unpaired) electrons. The van der Waals surface area contributed by atoms with Crippen LogP contribution in [0.2, 0.25) is 0 Å². The summed E-state index contributed by atoms with van der Waals surface area (Å²) in [5.74, 6) is 0.109. The highest BCUT2D eigenvalue weighted by molar-refractivity contribution is 5.70. The minimum Gasteiger partial charge on any atom is -0.497 e. The summed E-state index contributed by atoms with van der Waals surface area (Å²) >= 11 is 0. The van der Waals surface area contributed by atoms with E-state index in [0.717, 1.165) is 16.9 Å². The quantitative estimate of drug-likeness (QED) is 0.751. The monoisotopic (exact) mass is 369 g/mol. The van der Waals surface area contributed by atoms with Gasteiger partial charge in [-0.05, 0) is 23.3 Å². The molecule has 2 aromatic rings. The van der Waals surface area contributed by atoms with Crippen LogP contribution in [0.15, 0.2) is 54.6 Å². The average Bonchev–Trinajstić information content (AvgIpc) is 2.69. The number of hydrogen-bond acceptors (Lipinski definition) is 5. The van der Waals surface area contributed by atoms with Gasteiger partial charge >= 0.3 is 12.1 Å². The molecule has 1 amide bonds. The third-order valence-electron chi connectivity index (χ3n) is 4.79. The number of hydrogen-bond donors (Lipinski definition) is 0. The number of rotatable bonds is 5. The van der Waals surface area contributed by atoms with Crippen LogP contribution in [0.5, 0.6) is 5.75 Å². The molecule has 1 heterocycles. The Labute approximate surface area is 158 Å². The standard InChI is InChI=1S/C21H23NO5/c1-14(23)26-13-18-19(15-9-11-17(25-3)12-10-15)22(2)21(24)27-20(18)16-7-5-4-6-8-16/h4-12,18-20H,13H2,1-3H3. The van der Waals surface area contributed by atoms with E-state index in [1.807, 2.05) is 54.6 Å². The van der Waals surface area contributed by atoms with Crippen molar-refractivity contribution in [1.82, 2.24) is 4.90 Å². The van der Waals surface area contributed by atoms with E-state index in [0.29, 0.717) is 0 Å². The lowest BCUT2D eigenvalue weighted by molar-refractivity contribution is -0.146. The number of carbonyl (C=O) groups excluding carboxylic acids is 2. The lowest BCUT2D eigenvalue weighted by Gasteiger charge is -2.43. The van der Waals surface area contributed by atoms with E-state index in [9.17, 15) is 9.59 Å². The van der Waals surface area contributed by atoms with Gasteiger partial charge in [-0.15, -0.1) is 0 Å². The normalized spacial score (nSPS) is 22.1. The molecule has 27 heavy (non-hydrogen) atoms. The van der Waals surface area contributed by atoms with Crippen molar-refractivity contribution in [3.63, 3.8) is 0 Å². The molecule has 6 heteroatoms. The second-order valence-corrected chi connectivity index (χ2v) is 6.51. The molecular formula is C21H23NO5.